The zero-order chi connectivity index (χ0) is 17.9. The molecule has 2 aliphatic rings. The van der Waals surface area contributed by atoms with E-state index in [4.69, 9.17) is 9.47 Å². The third kappa shape index (κ3) is 3.22. The number of hydrogen-bond donors (Lipinski definition) is 1. The average Bonchev–Trinajstić information content (AvgIpc) is 2.69. The highest BCUT2D eigenvalue weighted by atomic mass is 16.6. The van der Waals surface area contributed by atoms with E-state index in [9.17, 15) is 9.59 Å². The summed E-state index contributed by atoms with van der Waals surface area (Å²) in [7, 11) is 0. The van der Waals surface area contributed by atoms with E-state index in [1.165, 1.54) is 0 Å². The summed E-state index contributed by atoms with van der Waals surface area (Å²) >= 11 is 0. The number of nitrogens with zero attached hydrogens (tertiary/aromatic N) is 1. The smallest absolute Gasteiger partial charge is 0.254 e. The standard InChI is InChI=1S/C20H20N2O4/c23-19-16(12-14-4-2-1-3-5-14)22(9-8-21-19)20(24)15-6-7-17-18(13-15)26-11-10-25-17/h1-7,13,16H,8-12H2,(H,21,23)/t16-/m0/s1. The van der Waals surface area contributed by atoms with Gasteiger partial charge in [0.15, 0.2) is 11.5 Å². The van der Waals surface area contributed by atoms with Crippen molar-refractivity contribution in [2.24, 2.45) is 0 Å². The Balaban J connectivity index is 1.59. The molecule has 0 aliphatic carbocycles. The van der Waals surface area contributed by atoms with Gasteiger partial charge in [-0.05, 0) is 23.8 Å². The molecule has 1 saturated heterocycles. The molecule has 4 rings (SSSR count). The Bertz CT molecular complexity index is 822. The molecule has 0 aromatic heterocycles. The maximum Gasteiger partial charge on any atom is 0.254 e. The molecule has 0 radical (unpaired) electrons. The predicted molar refractivity (Wildman–Crippen MR) is 95.4 cm³/mol. The van der Waals surface area contributed by atoms with Crippen molar-refractivity contribution in [1.82, 2.24) is 10.2 Å². The summed E-state index contributed by atoms with van der Waals surface area (Å²) in [5.74, 6) is 0.928. The second-order valence-corrected chi connectivity index (χ2v) is 6.35. The molecule has 6 nitrogen and oxygen atoms in total. The first-order valence-corrected chi connectivity index (χ1v) is 8.74. The molecular weight excluding hydrogens is 332 g/mol. The van der Waals surface area contributed by atoms with Gasteiger partial charge in [0.05, 0.1) is 0 Å². The largest absolute Gasteiger partial charge is 0.486 e. The predicted octanol–water partition coefficient (Wildman–Crippen LogP) is 1.64. The summed E-state index contributed by atoms with van der Waals surface area (Å²) in [6.07, 6.45) is 0.489. The molecule has 6 heteroatoms. The van der Waals surface area contributed by atoms with Gasteiger partial charge in [0.2, 0.25) is 5.91 Å². The first kappa shape index (κ1) is 16.4. The number of ether oxygens (including phenoxy) is 2. The number of benzene rings is 2. The van der Waals surface area contributed by atoms with E-state index >= 15 is 0 Å². The molecule has 2 amide bonds. The fourth-order valence-electron chi connectivity index (χ4n) is 3.34. The Morgan fingerprint density at radius 2 is 1.85 bits per heavy atom. The van der Waals surface area contributed by atoms with Crippen LogP contribution in [0.3, 0.4) is 0 Å². The van der Waals surface area contributed by atoms with Crippen LogP contribution in [0.25, 0.3) is 0 Å². The Morgan fingerprint density at radius 3 is 2.65 bits per heavy atom. The van der Waals surface area contributed by atoms with Gasteiger partial charge < -0.3 is 19.7 Å². The van der Waals surface area contributed by atoms with Gasteiger partial charge >= 0.3 is 0 Å². The molecule has 0 spiro atoms. The summed E-state index contributed by atoms with van der Waals surface area (Å²) in [4.78, 5) is 27.2. The zero-order valence-electron chi connectivity index (χ0n) is 14.3. The van der Waals surface area contributed by atoms with Gasteiger partial charge in [0.25, 0.3) is 5.91 Å². The van der Waals surface area contributed by atoms with Crippen LogP contribution < -0.4 is 14.8 Å². The lowest BCUT2D eigenvalue weighted by molar-refractivity contribution is -0.127. The molecule has 0 unspecified atom stereocenters. The number of carbonyl (C=O) groups excluding carboxylic acids is 2. The first-order chi connectivity index (χ1) is 12.7. The fraction of sp³-hybridized carbons (Fsp3) is 0.300. The van der Waals surface area contributed by atoms with E-state index in [2.05, 4.69) is 5.32 Å². The van der Waals surface area contributed by atoms with Gasteiger partial charge in [-0.25, -0.2) is 0 Å². The second kappa shape index (κ2) is 7.07. The van der Waals surface area contributed by atoms with Crippen molar-refractivity contribution in [3.8, 4) is 11.5 Å². The maximum atomic E-state index is 13.1. The molecule has 2 aromatic carbocycles. The molecule has 26 heavy (non-hydrogen) atoms. The fourth-order valence-corrected chi connectivity index (χ4v) is 3.34. The molecule has 134 valence electrons. The number of nitrogens with one attached hydrogen (secondary N) is 1. The topological polar surface area (TPSA) is 67.9 Å². The lowest BCUT2D eigenvalue weighted by atomic mass is 10.0. The minimum atomic E-state index is -0.521. The number of amides is 2. The van der Waals surface area contributed by atoms with Crippen molar-refractivity contribution in [3.05, 3.63) is 59.7 Å². The van der Waals surface area contributed by atoms with E-state index in [0.717, 1.165) is 5.56 Å². The lowest BCUT2D eigenvalue weighted by Crippen LogP contribution is -2.58. The summed E-state index contributed by atoms with van der Waals surface area (Å²) < 4.78 is 11.1. The van der Waals surface area contributed by atoms with Gasteiger partial charge in [-0.2, -0.15) is 0 Å². The highest BCUT2D eigenvalue weighted by Gasteiger charge is 2.34. The molecule has 0 saturated carbocycles. The van der Waals surface area contributed by atoms with Gasteiger partial charge in [-0.3, -0.25) is 9.59 Å². The summed E-state index contributed by atoms with van der Waals surface area (Å²) in [5, 5.41) is 2.86. The number of piperazine rings is 1. The van der Waals surface area contributed by atoms with Gasteiger partial charge in [0.1, 0.15) is 19.3 Å². The average molecular weight is 352 g/mol. The summed E-state index contributed by atoms with van der Waals surface area (Å²) in [6, 6.07) is 14.4. The van der Waals surface area contributed by atoms with Crippen LogP contribution in [0.15, 0.2) is 48.5 Å². The quantitative estimate of drug-likeness (QED) is 0.912. The molecule has 2 aromatic rings. The highest BCUT2D eigenvalue weighted by molar-refractivity contribution is 5.98. The molecule has 0 bridgehead atoms. The number of rotatable bonds is 3. The normalized spacial score (nSPS) is 19.0. The monoisotopic (exact) mass is 352 g/mol. The Kier molecular flexibility index (Phi) is 4.48. The number of carbonyl (C=O) groups is 2. The van der Waals surface area contributed by atoms with Crippen molar-refractivity contribution in [1.29, 1.82) is 0 Å². The van der Waals surface area contributed by atoms with Crippen molar-refractivity contribution in [3.63, 3.8) is 0 Å². The van der Waals surface area contributed by atoms with Gasteiger partial charge in [0, 0.05) is 25.1 Å². The maximum absolute atomic E-state index is 13.1. The molecule has 2 aliphatic heterocycles. The lowest BCUT2D eigenvalue weighted by Gasteiger charge is -2.35. The first-order valence-electron chi connectivity index (χ1n) is 8.74. The third-order valence-electron chi connectivity index (χ3n) is 4.65. The van der Waals surface area contributed by atoms with Crippen LogP contribution in [0.1, 0.15) is 15.9 Å². The Hall–Kier alpha value is -3.02. The van der Waals surface area contributed by atoms with E-state index in [-0.39, 0.29) is 11.8 Å². The Labute approximate surface area is 151 Å². The van der Waals surface area contributed by atoms with E-state index in [1.54, 1.807) is 23.1 Å². The minimum absolute atomic E-state index is 0.119. The second-order valence-electron chi connectivity index (χ2n) is 6.35. The van der Waals surface area contributed by atoms with Crippen molar-refractivity contribution in [2.45, 2.75) is 12.5 Å². The summed E-state index contributed by atoms with van der Waals surface area (Å²) in [6.45, 7) is 1.91. The van der Waals surface area contributed by atoms with Crippen molar-refractivity contribution < 1.29 is 19.1 Å². The van der Waals surface area contributed by atoms with Gasteiger partial charge in [-0.1, -0.05) is 30.3 Å². The SMILES string of the molecule is O=C1NCCN(C(=O)c2ccc3c(c2)OCCO3)[C@H]1Cc1ccccc1. The minimum Gasteiger partial charge on any atom is -0.486 e. The molecular formula is C20H20N2O4. The van der Waals surface area contributed by atoms with Crippen molar-refractivity contribution in [2.75, 3.05) is 26.3 Å². The molecule has 2 heterocycles. The van der Waals surface area contributed by atoms with E-state index < -0.39 is 6.04 Å². The van der Waals surface area contributed by atoms with Crippen LogP contribution >= 0.6 is 0 Å². The highest BCUT2D eigenvalue weighted by Crippen LogP contribution is 2.31. The zero-order valence-corrected chi connectivity index (χ0v) is 14.3. The van der Waals surface area contributed by atoms with Crippen LogP contribution in [0.5, 0.6) is 11.5 Å². The number of hydrogen-bond acceptors (Lipinski definition) is 4. The van der Waals surface area contributed by atoms with E-state index in [1.807, 2.05) is 30.3 Å². The molecule has 1 fully saturated rings. The number of fused-ring (bicyclic) bond motifs is 1. The third-order valence-corrected chi connectivity index (χ3v) is 4.65. The van der Waals surface area contributed by atoms with Crippen LogP contribution in [-0.2, 0) is 11.2 Å². The van der Waals surface area contributed by atoms with Crippen molar-refractivity contribution >= 4 is 11.8 Å². The Morgan fingerprint density at radius 1 is 1.08 bits per heavy atom. The molecule has 1 atom stereocenters. The van der Waals surface area contributed by atoms with Gasteiger partial charge in [-0.15, -0.1) is 0 Å². The van der Waals surface area contributed by atoms with Crippen LogP contribution in [-0.4, -0.2) is 49.1 Å². The van der Waals surface area contributed by atoms with Crippen LogP contribution in [0.4, 0.5) is 0 Å². The molecule has 1 N–H and O–H groups in total. The van der Waals surface area contributed by atoms with E-state index in [0.29, 0.717) is 49.8 Å². The van der Waals surface area contributed by atoms with Crippen LogP contribution in [0, 0.1) is 0 Å². The van der Waals surface area contributed by atoms with Crippen LogP contribution in [0.2, 0.25) is 0 Å². The summed E-state index contributed by atoms with van der Waals surface area (Å²) in [5.41, 5.74) is 1.52.